The molecule has 0 saturated carbocycles. The Kier molecular flexibility index (Phi) is 2.95. The summed E-state index contributed by atoms with van der Waals surface area (Å²) in [5.74, 6) is 0.386. The molecule has 100 valence electrons. The van der Waals surface area contributed by atoms with Crippen molar-refractivity contribution in [1.29, 1.82) is 0 Å². The predicted molar refractivity (Wildman–Crippen MR) is 75.7 cm³/mol. The molecule has 1 aliphatic rings. The second kappa shape index (κ2) is 4.77. The largest absolute Gasteiger partial charge is 0.326 e. The number of benzene rings is 1. The fourth-order valence-corrected chi connectivity index (χ4v) is 2.20. The second-order valence-electron chi connectivity index (χ2n) is 4.65. The minimum absolute atomic E-state index is 0.0392. The first-order valence-electron chi connectivity index (χ1n) is 6.27. The van der Waals surface area contributed by atoms with Gasteiger partial charge in [-0.2, -0.15) is 0 Å². The van der Waals surface area contributed by atoms with Crippen LogP contribution < -0.4 is 10.2 Å². The maximum Gasteiger partial charge on any atom is 0.259 e. The van der Waals surface area contributed by atoms with E-state index in [2.05, 4.69) is 10.3 Å². The van der Waals surface area contributed by atoms with Crippen molar-refractivity contribution < 1.29 is 9.59 Å². The normalized spacial score (nSPS) is 12.8. The molecule has 0 aliphatic carbocycles. The first-order chi connectivity index (χ1) is 9.65. The average Bonchev–Trinajstić information content (AvgIpc) is 2.85. The predicted octanol–water partition coefficient (Wildman–Crippen LogP) is 1.85. The Bertz CT molecular complexity index is 683. The first-order valence-corrected chi connectivity index (χ1v) is 6.27. The Morgan fingerprint density at radius 3 is 2.90 bits per heavy atom. The van der Waals surface area contributed by atoms with Crippen molar-refractivity contribution in [2.45, 2.75) is 6.42 Å². The Hall–Kier alpha value is -2.69. The SMILES string of the molecule is CN(C(=O)c1ccc2c(c1)NC(=O)C2)c1ccccn1. The van der Waals surface area contributed by atoms with Crippen molar-refractivity contribution in [2.75, 3.05) is 17.3 Å². The molecule has 1 aromatic heterocycles. The summed E-state index contributed by atoms with van der Waals surface area (Å²) in [5.41, 5.74) is 2.17. The Morgan fingerprint density at radius 1 is 1.30 bits per heavy atom. The maximum absolute atomic E-state index is 12.4. The van der Waals surface area contributed by atoms with E-state index >= 15 is 0 Å². The number of rotatable bonds is 2. The van der Waals surface area contributed by atoms with E-state index in [-0.39, 0.29) is 11.8 Å². The molecule has 0 radical (unpaired) electrons. The molecule has 0 bridgehead atoms. The summed E-state index contributed by atoms with van der Waals surface area (Å²) < 4.78 is 0. The van der Waals surface area contributed by atoms with Gasteiger partial charge in [0.1, 0.15) is 5.82 Å². The molecule has 5 nitrogen and oxygen atoms in total. The molecule has 2 aromatic rings. The highest BCUT2D eigenvalue weighted by Crippen LogP contribution is 2.25. The number of nitrogens with one attached hydrogen (secondary N) is 1. The van der Waals surface area contributed by atoms with Crippen molar-refractivity contribution in [2.24, 2.45) is 0 Å². The zero-order chi connectivity index (χ0) is 14.1. The fourth-order valence-electron chi connectivity index (χ4n) is 2.20. The van der Waals surface area contributed by atoms with Crippen molar-refractivity contribution in [3.8, 4) is 0 Å². The van der Waals surface area contributed by atoms with Gasteiger partial charge in [-0.15, -0.1) is 0 Å². The van der Waals surface area contributed by atoms with Crippen molar-refractivity contribution in [3.63, 3.8) is 0 Å². The summed E-state index contributed by atoms with van der Waals surface area (Å²) in [6.45, 7) is 0. The minimum atomic E-state index is -0.160. The lowest BCUT2D eigenvalue weighted by Gasteiger charge is -2.16. The van der Waals surface area contributed by atoms with Gasteiger partial charge in [0.05, 0.1) is 6.42 Å². The fraction of sp³-hybridized carbons (Fsp3) is 0.133. The lowest BCUT2D eigenvalue weighted by molar-refractivity contribution is -0.115. The smallest absolute Gasteiger partial charge is 0.259 e. The highest BCUT2D eigenvalue weighted by Gasteiger charge is 2.21. The highest BCUT2D eigenvalue weighted by molar-refractivity contribution is 6.07. The molecule has 2 amide bonds. The molecule has 20 heavy (non-hydrogen) atoms. The van der Waals surface area contributed by atoms with Crippen LogP contribution >= 0.6 is 0 Å². The molecule has 1 aliphatic heterocycles. The third kappa shape index (κ3) is 2.14. The Morgan fingerprint density at radius 2 is 2.15 bits per heavy atom. The van der Waals surface area contributed by atoms with Crippen LogP contribution in [0.5, 0.6) is 0 Å². The third-order valence-corrected chi connectivity index (χ3v) is 3.28. The van der Waals surface area contributed by atoms with Gasteiger partial charge in [-0.25, -0.2) is 4.98 Å². The quantitative estimate of drug-likeness (QED) is 0.903. The summed E-state index contributed by atoms with van der Waals surface area (Å²) >= 11 is 0. The molecule has 5 heteroatoms. The second-order valence-corrected chi connectivity index (χ2v) is 4.65. The van der Waals surface area contributed by atoms with E-state index in [0.717, 1.165) is 11.3 Å². The standard InChI is InChI=1S/C15H13N3O2/c1-18(13-4-2-3-7-16-13)15(20)11-6-5-10-9-14(19)17-12(10)8-11/h2-8H,9H2,1H3,(H,17,19). The molecule has 0 spiro atoms. The number of fused-ring (bicyclic) bond motifs is 1. The summed E-state index contributed by atoms with van der Waals surface area (Å²) in [4.78, 5) is 29.3. The lowest BCUT2D eigenvalue weighted by Crippen LogP contribution is -2.27. The Balaban J connectivity index is 1.88. The van der Waals surface area contributed by atoms with Crippen LogP contribution in [0.2, 0.25) is 0 Å². The average molecular weight is 267 g/mol. The van der Waals surface area contributed by atoms with E-state index < -0.39 is 0 Å². The summed E-state index contributed by atoms with van der Waals surface area (Å²) in [6.07, 6.45) is 2.02. The number of carbonyl (C=O) groups excluding carboxylic acids is 2. The number of aromatic nitrogens is 1. The van der Waals surface area contributed by atoms with Crippen LogP contribution in [0, 0.1) is 0 Å². The van der Waals surface area contributed by atoms with Gasteiger partial charge >= 0.3 is 0 Å². The van der Waals surface area contributed by atoms with Gasteiger partial charge in [-0.05, 0) is 29.8 Å². The summed E-state index contributed by atoms with van der Waals surface area (Å²) in [5, 5.41) is 2.75. The highest BCUT2D eigenvalue weighted by atomic mass is 16.2. The number of pyridine rings is 1. The lowest BCUT2D eigenvalue weighted by atomic mass is 10.1. The first kappa shape index (κ1) is 12.3. The van der Waals surface area contributed by atoms with Crippen LogP contribution in [0.1, 0.15) is 15.9 Å². The van der Waals surface area contributed by atoms with Gasteiger partial charge < -0.3 is 5.32 Å². The molecule has 0 saturated heterocycles. The van der Waals surface area contributed by atoms with Crippen LogP contribution in [-0.2, 0) is 11.2 Å². The zero-order valence-electron chi connectivity index (χ0n) is 11.0. The van der Waals surface area contributed by atoms with Gasteiger partial charge in [-0.1, -0.05) is 12.1 Å². The third-order valence-electron chi connectivity index (χ3n) is 3.28. The molecule has 2 heterocycles. The van der Waals surface area contributed by atoms with E-state index in [1.807, 2.05) is 12.1 Å². The van der Waals surface area contributed by atoms with E-state index in [1.165, 1.54) is 4.90 Å². The van der Waals surface area contributed by atoms with Crippen LogP contribution in [0.25, 0.3) is 0 Å². The molecule has 1 aromatic carbocycles. The summed E-state index contributed by atoms with van der Waals surface area (Å²) in [6, 6.07) is 10.7. The molecule has 0 unspecified atom stereocenters. The molecule has 3 rings (SSSR count). The van der Waals surface area contributed by atoms with Crippen molar-refractivity contribution in [1.82, 2.24) is 4.98 Å². The molecular weight excluding hydrogens is 254 g/mol. The Labute approximate surface area is 116 Å². The van der Waals surface area contributed by atoms with Crippen molar-refractivity contribution in [3.05, 3.63) is 53.7 Å². The topological polar surface area (TPSA) is 62.3 Å². The molecule has 0 atom stereocenters. The van der Waals surface area contributed by atoms with E-state index in [0.29, 0.717) is 17.8 Å². The van der Waals surface area contributed by atoms with Gasteiger partial charge in [-0.3, -0.25) is 14.5 Å². The number of hydrogen-bond acceptors (Lipinski definition) is 3. The number of anilines is 2. The monoisotopic (exact) mass is 267 g/mol. The molecule has 1 N–H and O–H groups in total. The maximum atomic E-state index is 12.4. The van der Waals surface area contributed by atoms with Crippen LogP contribution in [-0.4, -0.2) is 23.8 Å². The minimum Gasteiger partial charge on any atom is -0.326 e. The van der Waals surface area contributed by atoms with Crippen LogP contribution in [0.3, 0.4) is 0 Å². The zero-order valence-corrected chi connectivity index (χ0v) is 11.0. The number of carbonyl (C=O) groups is 2. The van der Waals surface area contributed by atoms with Gasteiger partial charge in [0.2, 0.25) is 5.91 Å². The van der Waals surface area contributed by atoms with Crippen LogP contribution in [0.15, 0.2) is 42.6 Å². The molecular formula is C15H13N3O2. The van der Waals surface area contributed by atoms with Gasteiger partial charge in [0, 0.05) is 24.5 Å². The summed E-state index contributed by atoms with van der Waals surface area (Å²) in [7, 11) is 1.68. The van der Waals surface area contributed by atoms with Crippen molar-refractivity contribution >= 4 is 23.3 Å². The van der Waals surface area contributed by atoms with E-state index in [1.54, 1.807) is 37.5 Å². The van der Waals surface area contributed by atoms with Gasteiger partial charge in [0.15, 0.2) is 0 Å². The number of hydrogen-bond donors (Lipinski definition) is 1. The van der Waals surface area contributed by atoms with Crippen LogP contribution in [0.4, 0.5) is 11.5 Å². The number of nitrogens with zero attached hydrogens (tertiary/aromatic N) is 2. The molecule has 0 fully saturated rings. The van der Waals surface area contributed by atoms with Gasteiger partial charge in [0.25, 0.3) is 5.91 Å². The van der Waals surface area contributed by atoms with E-state index in [9.17, 15) is 9.59 Å². The number of amides is 2. The van der Waals surface area contributed by atoms with E-state index in [4.69, 9.17) is 0 Å².